The Balaban J connectivity index is -0.000000572. The zero-order chi connectivity index (χ0) is 15.9. The molecule has 0 bridgehead atoms. The first-order chi connectivity index (χ1) is 9.29. The van der Waals surface area contributed by atoms with E-state index in [1.807, 2.05) is 0 Å². The second-order valence-corrected chi connectivity index (χ2v) is 6.56. The first-order valence-electron chi connectivity index (χ1n) is 7.44. The predicted molar refractivity (Wildman–Crippen MR) is 88.7 cm³/mol. The van der Waals surface area contributed by atoms with Gasteiger partial charge in [0.05, 0.1) is 5.75 Å². The number of carbonyl (C=O) groups is 1. The molecular formula is C14H31NaO5S. The molecule has 0 radical (unpaired) electrons. The molecule has 0 aromatic heterocycles. The van der Waals surface area contributed by atoms with Crippen molar-refractivity contribution in [3.63, 3.8) is 0 Å². The molecule has 0 spiro atoms. The van der Waals surface area contributed by atoms with Gasteiger partial charge in [0.15, 0.2) is 0 Å². The number of carboxylic acids is 1. The maximum atomic E-state index is 10.4. The maximum absolute atomic E-state index is 10.4. The number of unbranched alkanes of at least 4 members (excludes halogenated alkanes) is 9. The molecule has 0 aromatic carbocycles. The van der Waals surface area contributed by atoms with Crippen molar-refractivity contribution >= 4 is 45.6 Å². The van der Waals surface area contributed by atoms with Crippen molar-refractivity contribution in [1.29, 1.82) is 0 Å². The SMILES string of the molecule is CC(=O)O.CCCCCCCCCCCCS(=O)(=O)O.[NaH]. The summed E-state index contributed by atoms with van der Waals surface area (Å²) in [5.74, 6) is -0.913. The Kier molecular flexibility index (Phi) is 23.1. The van der Waals surface area contributed by atoms with Crippen LogP contribution in [-0.2, 0) is 14.9 Å². The van der Waals surface area contributed by atoms with Crippen LogP contribution in [0.3, 0.4) is 0 Å². The quantitative estimate of drug-likeness (QED) is 0.344. The topological polar surface area (TPSA) is 91.7 Å². The Morgan fingerprint density at radius 2 is 1.14 bits per heavy atom. The molecule has 0 fully saturated rings. The van der Waals surface area contributed by atoms with Gasteiger partial charge in [0.2, 0.25) is 0 Å². The van der Waals surface area contributed by atoms with Crippen molar-refractivity contribution in [2.75, 3.05) is 5.75 Å². The first kappa shape index (κ1) is 26.3. The minimum absolute atomic E-state index is 0. The summed E-state index contributed by atoms with van der Waals surface area (Å²) in [6.45, 7) is 3.30. The third-order valence-corrected chi connectivity index (χ3v) is 3.56. The molecule has 0 saturated heterocycles. The van der Waals surface area contributed by atoms with E-state index in [0.717, 1.165) is 19.8 Å². The molecule has 0 heterocycles. The number of hydrogen-bond acceptors (Lipinski definition) is 3. The average molecular weight is 334 g/mol. The summed E-state index contributed by atoms with van der Waals surface area (Å²) in [7, 11) is -3.73. The van der Waals surface area contributed by atoms with Gasteiger partial charge in [-0.05, 0) is 6.42 Å². The second-order valence-electron chi connectivity index (χ2n) is 4.99. The van der Waals surface area contributed by atoms with Crippen LogP contribution in [0.15, 0.2) is 0 Å². The Morgan fingerprint density at radius 3 is 1.43 bits per heavy atom. The van der Waals surface area contributed by atoms with Gasteiger partial charge in [0, 0.05) is 6.92 Å². The molecule has 124 valence electrons. The van der Waals surface area contributed by atoms with Crippen LogP contribution in [0, 0.1) is 0 Å². The zero-order valence-corrected chi connectivity index (χ0v) is 13.6. The summed E-state index contributed by atoms with van der Waals surface area (Å²) >= 11 is 0. The van der Waals surface area contributed by atoms with Crippen LogP contribution >= 0.6 is 0 Å². The molecule has 5 nitrogen and oxygen atoms in total. The van der Waals surface area contributed by atoms with E-state index < -0.39 is 16.1 Å². The standard InChI is InChI=1S/C12H26O3S.C2H4O2.Na.H/c1-2-3-4-5-6-7-8-9-10-11-12-16(13,14)15;1-2(3)4;;/h2-12H2,1H3,(H,13,14,15);1H3,(H,3,4);;. The molecule has 0 aliphatic rings. The molecule has 0 aliphatic heterocycles. The van der Waals surface area contributed by atoms with Gasteiger partial charge in [-0.3, -0.25) is 9.35 Å². The van der Waals surface area contributed by atoms with Crippen LogP contribution in [0.1, 0.15) is 78.1 Å². The molecule has 0 saturated carbocycles. The fourth-order valence-corrected chi connectivity index (χ4v) is 2.34. The molecule has 0 amide bonds. The minimum atomic E-state index is -3.73. The third kappa shape index (κ3) is 38.5. The molecular weight excluding hydrogens is 303 g/mol. The molecule has 7 heteroatoms. The monoisotopic (exact) mass is 334 g/mol. The zero-order valence-electron chi connectivity index (χ0n) is 12.8. The van der Waals surface area contributed by atoms with E-state index in [4.69, 9.17) is 14.5 Å². The van der Waals surface area contributed by atoms with Gasteiger partial charge in [-0.2, -0.15) is 8.42 Å². The fourth-order valence-electron chi connectivity index (χ4n) is 1.77. The molecule has 0 aromatic rings. The Hall–Kier alpha value is 0.380. The van der Waals surface area contributed by atoms with Crippen LogP contribution in [0.5, 0.6) is 0 Å². The molecule has 2 N–H and O–H groups in total. The van der Waals surface area contributed by atoms with Crippen molar-refractivity contribution in [2.24, 2.45) is 0 Å². The van der Waals surface area contributed by atoms with Crippen molar-refractivity contribution < 1.29 is 22.9 Å². The van der Waals surface area contributed by atoms with Gasteiger partial charge in [-0.1, -0.05) is 64.7 Å². The average Bonchev–Trinajstić information content (AvgIpc) is 2.29. The Labute approximate surface area is 151 Å². The molecule has 0 atom stereocenters. The number of carboxylic acid groups (broad SMARTS) is 1. The Bertz CT molecular complexity index is 313. The van der Waals surface area contributed by atoms with Crippen molar-refractivity contribution in [3.05, 3.63) is 0 Å². The van der Waals surface area contributed by atoms with E-state index in [1.54, 1.807) is 0 Å². The van der Waals surface area contributed by atoms with Crippen molar-refractivity contribution in [1.82, 2.24) is 0 Å². The third-order valence-electron chi connectivity index (χ3n) is 2.76. The Morgan fingerprint density at radius 1 is 0.857 bits per heavy atom. The van der Waals surface area contributed by atoms with Crippen molar-refractivity contribution in [2.45, 2.75) is 78.1 Å². The number of hydrogen-bond donors (Lipinski definition) is 2. The van der Waals surface area contributed by atoms with Gasteiger partial charge >= 0.3 is 29.6 Å². The van der Waals surface area contributed by atoms with E-state index >= 15 is 0 Å². The van der Waals surface area contributed by atoms with Gasteiger partial charge in [-0.15, -0.1) is 0 Å². The van der Waals surface area contributed by atoms with Crippen LogP contribution in [0.25, 0.3) is 0 Å². The van der Waals surface area contributed by atoms with E-state index in [2.05, 4.69) is 6.92 Å². The predicted octanol–water partition coefficient (Wildman–Crippen LogP) is 3.24. The normalized spacial score (nSPS) is 10.2. The van der Waals surface area contributed by atoms with Crippen LogP contribution in [-0.4, -0.2) is 59.4 Å². The van der Waals surface area contributed by atoms with E-state index in [9.17, 15) is 8.42 Å². The van der Waals surface area contributed by atoms with Gasteiger partial charge in [0.25, 0.3) is 16.1 Å². The van der Waals surface area contributed by atoms with Crippen LogP contribution < -0.4 is 0 Å². The fraction of sp³-hybridized carbons (Fsp3) is 0.929. The van der Waals surface area contributed by atoms with Gasteiger partial charge < -0.3 is 5.11 Å². The summed E-state index contributed by atoms with van der Waals surface area (Å²) in [5.41, 5.74) is 0. The van der Waals surface area contributed by atoms with Crippen molar-refractivity contribution in [3.8, 4) is 0 Å². The number of aliphatic carboxylic acids is 1. The van der Waals surface area contributed by atoms with Gasteiger partial charge in [-0.25, -0.2) is 0 Å². The van der Waals surface area contributed by atoms with Gasteiger partial charge in [0.1, 0.15) is 0 Å². The summed E-state index contributed by atoms with van der Waals surface area (Å²) in [6.07, 6.45) is 11.7. The second kappa shape index (κ2) is 18.4. The summed E-state index contributed by atoms with van der Waals surface area (Å²) in [5, 5.41) is 7.42. The van der Waals surface area contributed by atoms with E-state index in [-0.39, 0.29) is 35.3 Å². The van der Waals surface area contributed by atoms with Crippen LogP contribution in [0.2, 0.25) is 0 Å². The molecule has 0 aliphatic carbocycles. The van der Waals surface area contributed by atoms with Crippen LogP contribution in [0.4, 0.5) is 0 Å². The molecule has 21 heavy (non-hydrogen) atoms. The first-order valence-corrected chi connectivity index (χ1v) is 9.05. The summed E-state index contributed by atoms with van der Waals surface area (Å²) < 4.78 is 29.4. The summed E-state index contributed by atoms with van der Waals surface area (Å²) in [4.78, 5) is 9.00. The number of rotatable bonds is 11. The summed E-state index contributed by atoms with van der Waals surface area (Å²) in [6, 6.07) is 0. The molecule has 0 rings (SSSR count). The molecule has 0 unspecified atom stereocenters. The van der Waals surface area contributed by atoms with E-state index in [1.165, 1.54) is 44.9 Å². The van der Waals surface area contributed by atoms with E-state index in [0.29, 0.717) is 6.42 Å².